The third-order valence-electron chi connectivity index (χ3n) is 3.56. The van der Waals surface area contributed by atoms with Crippen molar-refractivity contribution in [2.45, 2.75) is 25.8 Å². The van der Waals surface area contributed by atoms with Crippen molar-refractivity contribution >= 4 is 5.69 Å². The van der Waals surface area contributed by atoms with E-state index in [0.717, 1.165) is 29.7 Å². The fourth-order valence-corrected chi connectivity index (χ4v) is 2.68. The molecule has 0 aliphatic heterocycles. The molecule has 3 rings (SSSR count). The molecule has 20 heavy (non-hydrogen) atoms. The molecule has 0 saturated heterocycles. The van der Waals surface area contributed by atoms with Crippen molar-refractivity contribution in [1.29, 1.82) is 0 Å². The van der Waals surface area contributed by atoms with E-state index in [0.29, 0.717) is 12.5 Å². The summed E-state index contributed by atoms with van der Waals surface area (Å²) in [5.41, 5.74) is 3.14. The summed E-state index contributed by atoms with van der Waals surface area (Å²) in [4.78, 5) is 4.24. The summed E-state index contributed by atoms with van der Waals surface area (Å²) in [6.45, 7) is 2.52. The number of ether oxygens (including phenoxy) is 1. The average Bonchev–Trinajstić information content (AvgIpc) is 2.83. The second-order valence-corrected chi connectivity index (χ2v) is 4.87. The van der Waals surface area contributed by atoms with Gasteiger partial charge in [0.25, 0.3) is 0 Å². The minimum atomic E-state index is -0.166. The second-order valence-electron chi connectivity index (χ2n) is 4.87. The molecule has 104 valence electrons. The molecule has 1 N–H and O–H groups in total. The zero-order valence-corrected chi connectivity index (χ0v) is 11.4. The summed E-state index contributed by atoms with van der Waals surface area (Å²) >= 11 is 0. The molecule has 3 nitrogen and oxygen atoms in total. The number of nitrogens with zero attached hydrogens (tertiary/aromatic N) is 1. The molecule has 1 heterocycles. The third kappa shape index (κ3) is 2.46. The van der Waals surface area contributed by atoms with Gasteiger partial charge in [-0.15, -0.1) is 0 Å². The monoisotopic (exact) mass is 272 g/mol. The Morgan fingerprint density at radius 3 is 3.15 bits per heavy atom. The number of hydrogen-bond acceptors (Lipinski definition) is 3. The van der Waals surface area contributed by atoms with Crippen molar-refractivity contribution in [3.05, 3.63) is 53.5 Å². The van der Waals surface area contributed by atoms with E-state index in [9.17, 15) is 4.39 Å². The van der Waals surface area contributed by atoms with Crippen LogP contribution in [0.15, 0.2) is 36.5 Å². The van der Waals surface area contributed by atoms with Crippen LogP contribution in [0.1, 0.15) is 30.5 Å². The molecule has 1 atom stereocenters. The Hall–Kier alpha value is -2.10. The molecule has 1 aliphatic carbocycles. The van der Waals surface area contributed by atoms with Crippen LogP contribution in [0.25, 0.3) is 0 Å². The fraction of sp³-hybridized carbons (Fsp3) is 0.312. The van der Waals surface area contributed by atoms with Crippen LogP contribution >= 0.6 is 0 Å². The number of aromatic nitrogens is 1. The van der Waals surface area contributed by atoms with Crippen LogP contribution in [0.4, 0.5) is 10.1 Å². The number of nitrogens with one attached hydrogen (secondary N) is 1. The van der Waals surface area contributed by atoms with Gasteiger partial charge in [-0.25, -0.2) is 9.37 Å². The molecule has 0 radical (unpaired) electrons. The highest BCUT2D eigenvalue weighted by atomic mass is 19.1. The lowest BCUT2D eigenvalue weighted by molar-refractivity contribution is 0.328. The molecule has 0 bridgehead atoms. The fourth-order valence-electron chi connectivity index (χ4n) is 2.68. The first-order valence-corrected chi connectivity index (χ1v) is 6.90. The highest BCUT2D eigenvalue weighted by Gasteiger charge is 2.23. The maximum atomic E-state index is 13.2. The van der Waals surface area contributed by atoms with E-state index in [-0.39, 0.29) is 11.9 Å². The second kappa shape index (κ2) is 5.49. The molecule has 4 heteroatoms. The van der Waals surface area contributed by atoms with E-state index in [2.05, 4.69) is 10.3 Å². The first-order chi connectivity index (χ1) is 9.78. The Morgan fingerprint density at radius 1 is 1.40 bits per heavy atom. The Labute approximate surface area is 117 Å². The maximum absolute atomic E-state index is 13.2. The molecular weight excluding hydrogens is 255 g/mol. The van der Waals surface area contributed by atoms with Crippen LogP contribution in [-0.4, -0.2) is 11.6 Å². The summed E-state index contributed by atoms with van der Waals surface area (Å²) in [6.07, 6.45) is 3.57. The normalized spacial score (nSPS) is 16.8. The van der Waals surface area contributed by atoms with Crippen LogP contribution in [0.2, 0.25) is 0 Å². The smallest absolute Gasteiger partial charge is 0.237 e. The summed E-state index contributed by atoms with van der Waals surface area (Å²) in [6, 6.07) is 9.04. The number of pyridine rings is 1. The number of benzene rings is 1. The summed E-state index contributed by atoms with van der Waals surface area (Å²) in [7, 11) is 0. The number of halogens is 1. The molecule has 0 spiro atoms. The molecule has 2 aromatic rings. The number of aryl methyl sites for hydroxylation is 1. The first-order valence-electron chi connectivity index (χ1n) is 6.90. The van der Waals surface area contributed by atoms with E-state index in [1.165, 1.54) is 6.07 Å². The zero-order valence-electron chi connectivity index (χ0n) is 11.4. The van der Waals surface area contributed by atoms with Crippen molar-refractivity contribution in [1.82, 2.24) is 4.98 Å². The van der Waals surface area contributed by atoms with Gasteiger partial charge < -0.3 is 10.1 Å². The van der Waals surface area contributed by atoms with Crippen molar-refractivity contribution < 1.29 is 9.13 Å². The van der Waals surface area contributed by atoms with Gasteiger partial charge in [-0.1, -0.05) is 6.07 Å². The van der Waals surface area contributed by atoms with Crippen molar-refractivity contribution in [2.24, 2.45) is 0 Å². The van der Waals surface area contributed by atoms with Gasteiger partial charge in [0.1, 0.15) is 5.82 Å². The maximum Gasteiger partial charge on any atom is 0.237 e. The van der Waals surface area contributed by atoms with Gasteiger partial charge in [-0.05, 0) is 55.2 Å². The lowest BCUT2D eigenvalue weighted by Crippen LogP contribution is -2.09. The minimum absolute atomic E-state index is 0.166. The number of rotatable bonds is 4. The lowest BCUT2D eigenvalue weighted by atomic mass is 10.1. The third-order valence-corrected chi connectivity index (χ3v) is 3.56. The highest BCUT2D eigenvalue weighted by Crippen LogP contribution is 2.35. The molecule has 1 aliphatic rings. The van der Waals surface area contributed by atoms with Gasteiger partial charge in [0, 0.05) is 6.20 Å². The van der Waals surface area contributed by atoms with E-state index in [1.807, 2.05) is 25.1 Å². The minimum Gasteiger partial charge on any atom is -0.476 e. The molecule has 0 saturated carbocycles. The van der Waals surface area contributed by atoms with E-state index in [1.54, 1.807) is 12.3 Å². The molecule has 1 aromatic carbocycles. The predicted octanol–water partition coefficient (Wildman–Crippen LogP) is 3.72. The van der Waals surface area contributed by atoms with Gasteiger partial charge in [0.15, 0.2) is 0 Å². The quantitative estimate of drug-likeness (QED) is 0.921. The van der Waals surface area contributed by atoms with E-state index >= 15 is 0 Å². The average molecular weight is 272 g/mol. The van der Waals surface area contributed by atoms with Crippen LogP contribution in [0.5, 0.6) is 5.88 Å². The zero-order chi connectivity index (χ0) is 13.9. The highest BCUT2D eigenvalue weighted by molar-refractivity contribution is 5.55. The SMILES string of the molecule is CCOc1ncccc1NC1CCc2cc(F)ccc21. The van der Waals surface area contributed by atoms with Crippen molar-refractivity contribution in [3.63, 3.8) is 0 Å². The van der Waals surface area contributed by atoms with E-state index < -0.39 is 0 Å². The molecular formula is C16H17FN2O. The van der Waals surface area contributed by atoms with Crippen LogP contribution < -0.4 is 10.1 Å². The Morgan fingerprint density at radius 2 is 2.30 bits per heavy atom. The Balaban J connectivity index is 1.84. The topological polar surface area (TPSA) is 34.1 Å². The van der Waals surface area contributed by atoms with Crippen molar-refractivity contribution in [3.8, 4) is 5.88 Å². The first kappa shape index (κ1) is 12.9. The summed E-state index contributed by atoms with van der Waals surface area (Å²) in [5, 5.41) is 3.46. The van der Waals surface area contributed by atoms with Crippen LogP contribution in [0.3, 0.4) is 0 Å². The number of fused-ring (bicyclic) bond motifs is 1. The van der Waals surface area contributed by atoms with Crippen LogP contribution in [0, 0.1) is 5.82 Å². The summed E-state index contributed by atoms with van der Waals surface area (Å²) in [5.74, 6) is 0.450. The Kier molecular flexibility index (Phi) is 3.54. The van der Waals surface area contributed by atoms with Gasteiger partial charge in [0.2, 0.25) is 5.88 Å². The van der Waals surface area contributed by atoms with Gasteiger partial charge in [-0.3, -0.25) is 0 Å². The van der Waals surface area contributed by atoms with Gasteiger partial charge in [0.05, 0.1) is 18.3 Å². The van der Waals surface area contributed by atoms with E-state index in [4.69, 9.17) is 4.74 Å². The molecule has 0 fully saturated rings. The van der Waals surface area contributed by atoms with Gasteiger partial charge >= 0.3 is 0 Å². The van der Waals surface area contributed by atoms with Crippen LogP contribution in [-0.2, 0) is 6.42 Å². The number of anilines is 1. The summed E-state index contributed by atoms with van der Waals surface area (Å²) < 4.78 is 18.8. The Bertz CT molecular complexity index is 615. The van der Waals surface area contributed by atoms with Crippen molar-refractivity contribution in [2.75, 3.05) is 11.9 Å². The van der Waals surface area contributed by atoms with Gasteiger partial charge in [-0.2, -0.15) is 0 Å². The predicted molar refractivity (Wildman–Crippen MR) is 76.5 cm³/mol. The number of hydrogen-bond donors (Lipinski definition) is 1. The largest absolute Gasteiger partial charge is 0.476 e. The molecule has 1 unspecified atom stereocenters. The molecule has 1 aromatic heterocycles. The standard InChI is InChI=1S/C16H17FN2O/c1-2-20-16-15(4-3-9-18-16)19-14-8-5-11-10-12(17)6-7-13(11)14/h3-4,6-7,9-10,14,19H,2,5,8H2,1H3. The molecule has 0 amide bonds. The lowest BCUT2D eigenvalue weighted by Gasteiger charge is -2.17.